The van der Waals surface area contributed by atoms with Gasteiger partial charge in [-0.3, -0.25) is 9.59 Å². The predicted molar refractivity (Wildman–Crippen MR) is 84.3 cm³/mol. The van der Waals surface area contributed by atoms with Gasteiger partial charge in [0.05, 0.1) is 23.9 Å². The normalized spacial score (nSPS) is 22.3. The Morgan fingerprint density at radius 2 is 1.91 bits per heavy atom. The molecular weight excluding hydrogens is 327 g/mol. The molecule has 0 N–H and O–H groups in total. The van der Waals surface area contributed by atoms with E-state index in [-0.39, 0.29) is 11.8 Å². The minimum absolute atomic E-state index is 0.110. The first-order chi connectivity index (χ1) is 10.6. The second-order valence-corrected chi connectivity index (χ2v) is 6.21. The lowest BCUT2D eigenvalue weighted by atomic mass is 10.1. The van der Waals surface area contributed by atoms with Crippen LogP contribution in [-0.4, -0.2) is 49.6 Å². The number of nitrogens with zero attached hydrogens (tertiary/aromatic N) is 2. The van der Waals surface area contributed by atoms with Crippen LogP contribution in [0.15, 0.2) is 18.2 Å². The summed E-state index contributed by atoms with van der Waals surface area (Å²) in [4.78, 5) is 28.4. The highest BCUT2D eigenvalue weighted by Gasteiger charge is 2.40. The van der Waals surface area contributed by atoms with Crippen molar-refractivity contribution in [2.75, 3.05) is 37.7 Å². The third kappa shape index (κ3) is 2.93. The second kappa shape index (κ2) is 6.44. The molecule has 22 heavy (non-hydrogen) atoms. The van der Waals surface area contributed by atoms with Gasteiger partial charge in [0.1, 0.15) is 5.92 Å². The van der Waals surface area contributed by atoms with Gasteiger partial charge in [0.15, 0.2) is 0 Å². The maximum Gasteiger partial charge on any atom is 0.239 e. The molecule has 0 bridgehead atoms. The molecule has 2 fully saturated rings. The first-order valence-electron chi connectivity index (χ1n) is 7.21. The van der Waals surface area contributed by atoms with Gasteiger partial charge in [-0.05, 0) is 24.6 Å². The average Bonchev–Trinajstić information content (AvgIpc) is 2.89. The maximum atomic E-state index is 12.6. The SMILES string of the molecule is O=C(C1CCN(c2ccc(Cl)cc2Cl)C1=O)N1CCOCC1. The smallest absolute Gasteiger partial charge is 0.239 e. The van der Waals surface area contributed by atoms with Crippen molar-refractivity contribution in [2.24, 2.45) is 5.92 Å². The first kappa shape index (κ1) is 15.6. The number of carbonyl (C=O) groups excluding carboxylic acids is 2. The number of anilines is 1. The summed E-state index contributed by atoms with van der Waals surface area (Å²) >= 11 is 12.0. The van der Waals surface area contributed by atoms with E-state index >= 15 is 0 Å². The van der Waals surface area contributed by atoms with Gasteiger partial charge >= 0.3 is 0 Å². The van der Waals surface area contributed by atoms with Gasteiger partial charge in [-0.2, -0.15) is 0 Å². The number of rotatable bonds is 2. The minimum atomic E-state index is -0.621. The summed E-state index contributed by atoms with van der Waals surface area (Å²) in [5.74, 6) is -0.925. The highest BCUT2D eigenvalue weighted by atomic mass is 35.5. The van der Waals surface area contributed by atoms with E-state index in [0.717, 1.165) is 0 Å². The number of halogens is 2. The number of hydrogen-bond acceptors (Lipinski definition) is 3. The lowest BCUT2D eigenvalue weighted by Gasteiger charge is -2.28. The summed E-state index contributed by atoms with van der Waals surface area (Å²) in [6.07, 6.45) is 0.508. The number of hydrogen-bond donors (Lipinski definition) is 0. The van der Waals surface area contributed by atoms with Gasteiger partial charge < -0.3 is 14.5 Å². The van der Waals surface area contributed by atoms with Gasteiger partial charge in [0, 0.05) is 24.7 Å². The van der Waals surface area contributed by atoms with E-state index in [1.807, 2.05) is 0 Å². The van der Waals surface area contributed by atoms with Crippen molar-refractivity contribution in [1.29, 1.82) is 0 Å². The average molecular weight is 343 g/mol. The van der Waals surface area contributed by atoms with Crippen LogP contribution in [0.5, 0.6) is 0 Å². The largest absolute Gasteiger partial charge is 0.378 e. The molecule has 0 aliphatic carbocycles. The topological polar surface area (TPSA) is 49.9 Å². The van der Waals surface area contributed by atoms with Crippen molar-refractivity contribution >= 4 is 40.7 Å². The monoisotopic (exact) mass is 342 g/mol. The van der Waals surface area contributed by atoms with E-state index in [1.165, 1.54) is 0 Å². The van der Waals surface area contributed by atoms with Gasteiger partial charge in [-0.15, -0.1) is 0 Å². The zero-order valence-corrected chi connectivity index (χ0v) is 13.4. The van der Waals surface area contributed by atoms with Crippen LogP contribution in [0.4, 0.5) is 5.69 Å². The fourth-order valence-electron chi connectivity index (χ4n) is 2.85. The molecule has 2 aliphatic heterocycles. The molecule has 1 unspecified atom stereocenters. The summed E-state index contributed by atoms with van der Waals surface area (Å²) in [5.41, 5.74) is 0.605. The predicted octanol–water partition coefficient (Wildman–Crippen LogP) is 2.21. The van der Waals surface area contributed by atoms with Crippen molar-refractivity contribution < 1.29 is 14.3 Å². The molecule has 0 saturated carbocycles. The van der Waals surface area contributed by atoms with E-state index < -0.39 is 5.92 Å². The van der Waals surface area contributed by atoms with Crippen LogP contribution in [0.3, 0.4) is 0 Å². The molecule has 2 amide bonds. The molecule has 1 atom stereocenters. The second-order valence-electron chi connectivity index (χ2n) is 5.36. The Kier molecular flexibility index (Phi) is 4.57. The van der Waals surface area contributed by atoms with Crippen molar-refractivity contribution in [3.05, 3.63) is 28.2 Å². The third-order valence-corrected chi connectivity index (χ3v) is 4.56. The van der Waals surface area contributed by atoms with Gasteiger partial charge in [-0.1, -0.05) is 23.2 Å². The molecular formula is C15H16Cl2N2O3. The molecule has 0 radical (unpaired) electrons. The Hall–Kier alpha value is -1.30. The number of ether oxygens (including phenoxy) is 1. The molecule has 1 aromatic rings. The molecule has 118 valence electrons. The molecule has 1 aromatic carbocycles. The van der Waals surface area contributed by atoms with Crippen molar-refractivity contribution in [3.8, 4) is 0 Å². The Bertz CT molecular complexity index is 602. The van der Waals surface area contributed by atoms with Crippen LogP contribution in [0.25, 0.3) is 0 Å². The molecule has 2 aliphatic rings. The van der Waals surface area contributed by atoms with Crippen molar-refractivity contribution in [1.82, 2.24) is 4.90 Å². The van der Waals surface area contributed by atoms with E-state index in [9.17, 15) is 9.59 Å². The minimum Gasteiger partial charge on any atom is -0.378 e. The summed E-state index contributed by atoms with van der Waals surface area (Å²) in [6, 6.07) is 5.00. The summed E-state index contributed by atoms with van der Waals surface area (Å²) in [7, 11) is 0. The standard InChI is InChI=1S/C15H16Cl2N2O3/c16-10-1-2-13(12(17)9-10)19-4-3-11(15(19)21)14(20)18-5-7-22-8-6-18/h1-2,9,11H,3-8H2. The Balaban J connectivity index is 1.75. The van der Waals surface area contributed by atoms with Gasteiger partial charge in [0.2, 0.25) is 11.8 Å². The molecule has 0 spiro atoms. The Morgan fingerprint density at radius 1 is 1.18 bits per heavy atom. The lowest BCUT2D eigenvalue weighted by molar-refractivity contribution is -0.143. The van der Waals surface area contributed by atoms with Crippen LogP contribution < -0.4 is 4.90 Å². The van der Waals surface area contributed by atoms with E-state index in [2.05, 4.69) is 0 Å². The number of amides is 2. The molecule has 2 heterocycles. The Morgan fingerprint density at radius 3 is 2.59 bits per heavy atom. The number of morpholine rings is 1. The lowest BCUT2D eigenvalue weighted by Crippen LogP contribution is -2.45. The van der Waals surface area contributed by atoms with Crippen LogP contribution in [0, 0.1) is 5.92 Å². The van der Waals surface area contributed by atoms with Crippen molar-refractivity contribution in [3.63, 3.8) is 0 Å². The summed E-state index contributed by atoms with van der Waals surface area (Å²) in [5, 5.41) is 0.932. The fourth-order valence-corrected chi connectivity index (χ4v) is 3.36. The molecule has 3 rings (SSSR count). The van der Waals surface area contributed by atoms with Crippen LogP contribution in [0.2, 0.25) is 10.0 Å². The van der Waals surface area contributed by atoms with Crippen LogP contribution in [-0.2, 0) is 14.3 Å². The van der Waals surface area contributed by atoms with Gasteiger partial charge in [-0.25, -0.2) is 0 Å². The zero-order chi connectivity index (χ0) is 15.7. The maximum absolute atomic E-state index is 12.6. The van der Waals surface area contributed by atoms with Crippen LogP contribution in [0.1, 0.15) is 6.42 Å². The quantitative estimate of drug-likeness (QED) is 0.774. The Labute approximate surface area is 138 Å². The summed E-state index contributed by atoms with van der Waals surface area (Å²) in [6.45, 7) is 2.63. The van der Waals surface area contributed by atoms with E-state index in [4.69, 9.17) is 27.9 Å². The van der Waals surface area contributed by atoms with Gasteiger partial charge in [0.25, 0.3) is 0 Å². The van der Waals surface area contributed by atoms with E-state index in [0.29, 0.717) is 55.0 Å². The molecule has 2 saturated heterocycles. The molecule has 0 aromatic heterocycles. The van der Waals surface area contributed by atoms with Crippen molar-refractivity contribution in [2.45, 2.75) is 6.42 Å². The highest BCUT2D eigenvalue weighted by molar-refractivity contribution is 6.37. The molecule has 7 heteroatoms. The third-order valence-electron chi connectivity index (χ3n) is 4.03. The first-order valence-corrected chi connectivity index (χ1v) is 7.96. The van der Waals surface area contributed by atoms with E-state index in [1.54, 1.807) is 28.0 Å². The molecule has 5 nitrogen and oxygen atoms in total. The summed E-state index contributed by atoms with van der Waals surface area (Å²) < 4.78 is 5.24. The highest BCUT2D eigenvalue weighted by Crippen LogP contribution is 2.33. The number of benzene rings is 1. The van der Waals surface area contributed by atoms with Crippen LogP contribution >= 0.6 is 23.2 Å². The zero-order valence-electron chi connectivity index (χ0n) is 11.9. The fraction of sp³-hybridized carbons (Fsp3) is 0.467. The number of carbonyl (C=O) groups is 2.